The van der Waals surface area contributed by atoms with E-state index in [0.29, 0.717) is 0 Å². The molecule has 0 aromatic heterocycles. The van der Waals surface area contributed by atoms with Gasteiger partial charge in [-0.25, -0.2) is 9.59 Å². The molecule has 1 heterocycles. The Morgan fingerprint density at radius 2 is 1.71 bits per heavy atom. The number of ether oxygens (including phenoxy) is 2. The Bertz CT molecular complexity index is 453. The van der Waals surface area contributed by atoms with Gasteiger partial charge < -0.3 is 9.47 Å². The van der Waals surface area contributed by atoms with Crippen LogP contribution in [0.3, 0.4) is 0 Å². The second-order valence-electron chi connectivity index (χ2n) is 5.88. The topological polar surface area (TPSA) is 55.8 Å². The van der Waals surface area contributed by atoms with Crippen LogP contribution in [0.4, 0.5) is 18.0 Å². The molecule has 0 bridgehead atoms. The first-order valence-corrected chi connectivity index (χ1v) is 6.31. The van der Waals surface area contributed by atoms with Crippen molar-refractivity contribution in [3.05, 3.63) is 12.2 Å². The average molecular weight is 309 g/mol. The zero-order valence-corrected chi connectivity index (χ0v) is 12.3. The molecule has 0 aromatic rings. The number of hydrogen-bond acceptors (Lipinski definition) is 4. The van der Waals surface area contributed by atoms with Gasteiger partial charge in [-0.1, -0.05) is 12.2 Å². The molecule has 0 saturated heterocycles. The summed E-state index contributed by atoms with van der Waals surface area (Å²) in [6.07, 6.45) is -2.94. The lowest BCUT2D eigenvalue weighted by Gasteiger charge is -2.40. The van der Waals surface area contributed by atoms with Crippen LogP contribution in [0.1, 0.15) is 34.1 Å². The molecule has 120 valence electrons. The van der Waals surface area contributed by atoms with Crippen molar-refractivity contribution in [3.8, 4) is 0 Å². The van der Waals surface area contributed by atoms with Crippen molar-refractivity contribution in [2.24, 2.45) is 0 Å². The first kappa shape index (κ1) is 17.3. The van der Waals surface area contributed by atoms with Crippen LogP contribution in [-0.2, 0) is 14.3 Å². The molecule has 0 radical (unpaired) electrons. The number of rotatable bonds is 1. The van der Waals surface area contributed by atoms with Crippen LogP contribution < -0.4 is 0 Å². The van der Waals surface area contributed by atoms with Gasteiger partial charge in [-0.3, -0.25) is 4.90 Å². The second kappa shape index (κ2) is 5.57. The van der Waals surface area contributed by atoms with Gasteiger partial charge >= 0.3 is 18.4 Å². The van der Waals surface area contributed by atoms with E-state index in [0.717, 1.165) is 4.90 Å². The smallest absolute Gasteiger partial charge is 0.444 e. The van der Waals surface area contributed by atoms with Gasteiger partial charge in [0.25, 0.3) is 0 Å². The van der Waals surface area contributed by atoms with E-state index in [9.17, 15) is 22.8 Å². The predicted octanol–water partition coefficient (Wildman–Crippen LogP) is 3.01. The van der Waals surface area contributed by atoms with E-state index >= 15 is 0 Å². The summed E-state index contributed by atoms with van der Waals surface area (Å²) >= 11 is 0. The molecule has 0 N–H and O–H groups in total. The molecule has 5 nitrogen and oxygen atoms in total. The molecule has 1 unspecified atom stereocenters. The second-order valence-corrected chi connectivity index (χ2v) is 5.88. The Balaban J connectivity index is 2.98. The van der Waals surface area contributed by atoms with Crippen LogP contribution in [0.25, 0.3) is 0 Å². The summed E-state index contributed by atoms with van der Waals surface area (Å²) in [5.74, 6) is -1.54. The fourth-order valence-electron chi connectivity index (χ4n) is 1.81. The number of halogens is 3. The minimum absolute atomic E-state index is 0.0294. The molecule has 0 spiro atoms. The summed E-state index contributed by atoms with van der Waals surface area (Å²) in [5, 5.41) is 0. The van der Waals surface area contributed by atoms with E-state index in [1.807, 2.05) is 0 Å². The van der Waals surface area contributed by atoms with Gasteiger partial charge in [-0.05, 0) is 34.1 Å². The molecule has 0 aromatic carbocycles. The predicted molar refractivity (Wildman–Crippen MR) is 67.2 cm³/mol. The summed E-state index contributed by atoms with van der Waals surface area (Å²) in [5.41, 5.74) is -2.58. The first-order chi connectivity index (χ1) is 9.35. The summed E-state index contributed by atoms with van der Waals surface area (Å²) in [6.45, 7) is 6.05. The highest BCUT2D eigenvalue weighted by molar-refractivity contribution is 5.86. The molecule has 1 rings (SSSR count). The first-order valence-electron chi connectivity index (χ1n) is 6.31. The number of nitrogens with zero attached hydrogens (tertiary/aromatic N) is 1. The maximum Gasteiger partial charge on any atom is 0.575 e. The Morgan fingerprint density at radius 1 is 1.14 bits per heavy atom. The van der Waals surface area contributed by atoms with E-state index in [1.54, 1.807) is 26.8 Å². The van der Waals surface area contributed by atoms with Crippen LogP contribution in [0.2, 0.25) is 0 Å². The van der Waals surface area contributed by atoms with Crippen LogP contribution >= 0.6 is 0 Å². The standard InChI is InChI=1S/C13H18F3NO4/c1-11(2,3)21-10(19)17-8-6-5-7-12(17,4)9(18)20-13(14,15)16/h5-6H,7-8H2,1-4H3. The van der Waals surface area contributed by atoms with Gasteiger partial charge in [0, 0.05) is 6.54 Å². The Morgan fingerprint density at radius 3 is 2.19 bits per heavy atom. The highest BCUT2D eigenvalue weighted by atomic mass is 19.4. The quantitative estimate of drug-likeness (QED) is 0.552. The molecular formula is C13H18F3NO4. The Labute approximate surface area is 120 Å². The van der Waals surface area contributed by atoms with Crippen molar-refractivity contribution < 1.29 is 32.2 Å². The van der Waals surface area contributed by atoms with Gasteiger partial charge in [-0.2, -0.15) is 0 Å². The van der Waals surface area contributed by atoms with Crippen LogP contribution in [0.5, 0.6) is 0 Å². The Hall–Kier alpha value is -1.73. The number of hydrogen-bond donors (Lipinski definition) is 0. The third-order valence-electron chi connectivity index (χ3n) is 2.83. The van der Waals surface area contributed by atoms with Gasteiger partial charge in [0.2, 0.25) is 0 Å². The van der Waals surface area contributed by atoms with Gasteiger partial charge in [-0.15, -0.1) is 13.2 Å². The summed E-state index contributed by atoms with van der Waals surface area (Å²) in [7, 11) is 0. The van der Waals surface area contributed by atoms with Crippen molar-refractivity contribution in [2.45, 2.75) is 51.6 Å². The van der Waals surface area contributed by atoms with Crippen LogP contribution in [-0.4, -0.2) is 41.0 Å². The molecule has 0 fully saturated rings. The lowest BCUT2D eigenvalue weighted by molar-refractivity contribution is -0.310. The van der Waals surface area contributed by atoms with Gasteiger partial charge in [0.05, 0.1) is 0 Å². The van der Waals surface area contributed by atoms with E-state index in [-0.39, 0.29) is 13.0 Å². The van der Waals surface area contributed by atoms with Crippen molar-refractivity contribution in [3.63, 3.8) is 0 Å². The molecule has 0 saturated carbocycles. The van der Waals surface area contributed by atoms with Crippen molar-refractivity contribution >= 4 is 12.1 Å². The lowest BCUT2D eigenvalue weighted by atomic mass is 9.92. The molecule has 1 amide bonds. The third-order valence-corrected chi connectivity index (χ3v) is 2.83. The van der Waals surface area contributed by atoms with Gasteiger partial charge in [0.1, 0.15) is 11.1 Å². The maximum absolute atomic E-state index is 12.2. The van der Waals surface area contributed by atoms with E-state index < -0.39 is 29.6 Å². The summed E-state index contributed by atoms with van der Waals surface area (Å²) in [4.78, 5) is 24.8. The zero-order valence-electron chi connectivity index (χ0n) is 12.3. The number of carbonyl (C=O) groups excluding carboxylic acids is 2. The highest BCUT2D eigenvalue weighted by Gasteiger charge is 2.49. The zero-order chi connectivity index (χ0) is 16.5. The minimum Gasteiger partial charge on any atom is -0.444 e. The van der Waals surface area contributed by atoms with E-state index in [2.05, 4.69) is 4.74 Å². The third kappa shape index (κ3) is 4.64. The number of amides is 1. The Kier molecular flexibility index (Phi) is 4.60. The van der Waals surface area contributed by atoms with E-state index in [1.165, 1.54) is 13.0 Å². The summed E-state index contributed by atoms with van der Waals surface area (Å²) in [6, 6.07) is 0. The number of esters is 1. The molecule has 1 aliphatic rings. The van der Waals surface area contributed by atoms with Crippen LogP contribution in [0.15, 0.2) is 12.2 Å². The molecule has 0 aliphatic carbocycles. The van der Waals surface area contributed by atoms with Crippen molar-refractivity contribution in [2.75, 3.05) is 6.54 Å². The van der Waals surface area contributed by atoms with Crippen molar-refractivity contribution in [1.29, 1.82) is 0 Å². The SMILES string of the molecule is CC(C)(C)OC(=O)N1CC=CCC1(C)C(=O)OC(F)(F)F. The molecular weight excluding hydrogens is 291 g/mol. The monoisotopic (exact) mass is 309 g/mol. The lowest BCUT2D eigenvalue weighted by Crippen LogP contribution is -2.58. The normalized spacial score (nSPS) is 22.9. The largest absolute Gasteiger partial charge is 0.575 e. The summed E-state index contributed by atoms with van der Waals surface area (Å²) < 4.78 is 45.3. The van der Waals surface area contributed by atoms with E-state index in [4.69, 9.17) is 4.74 Å². The molecule has 8 heteroatoms. The minimum atomic E-state index is -5.10. The number of carbonyl (C=O) groups is 2. The van der Waals surface area contributed by atoms with Crippen molar-refractivity contribution in [1.82, 2.24) is 4.90 Å². The van der Waals surface area contributed by atoms with Crippen LogP contribution in [0, 0.1) is 0 Å². The fourth-order valence-corrected chi connectivity index (χ4v) is 1.81. The molecule has 21 heavy (non-hydrogen) atoms. The number of alkyl halides is 3. The molecule has 1 aliphatic heterocycles. The van der Waals surface area contributed by atoms with Gasteiger partial charge in [0.15, 0.2) is 0 Å². The highest BCUT2D eigenvalue weighted by Crippen LogP contribution is 2.30. The molecule has 1 atom stereocenters. The maximum atomic E-state index is 12.2. The fraction of sp³-hybridized carbons (Fsp3) is 0.692. The average Bonchev–Trinajstić information content (AvgIpc) is 2.24.